The fourth-order valence-electron chi connectivity index (χ4n) is 2.23. The predicted octanol–water partition coefficient (Wildman–Crippen LogP) is 0.140. The smallest absolute Gasteiger partial charge is 0.257 e. The molecule has 5 nitrogen and oxygen atoms in total. The van der Waals surface area contributed by atoms with Gasteiger partial charge in [-0.05, 0) is 12.1 Å². The van der Waals surface area contributed by atoms with Crippen LogP contribution in [0.3, 0.4) is 0 Å². The van der Waals surface area contributed by atoms with Crippen LogP contribution >= 0.6 is 11.6 Å². The van der Waals surface area contributed by atoms with Crippen molar-refractivity contribution < 1.29 is 19.2 Å². The van der Waals surface area contributed by atoms with E-state index in [1.807, 2.05) is 12.1 Å². The maximum atomic E-state index is 11.7. The molecule has 0 saturated carbocycles. The largest absolute Gasteiger partial charge is 0.482 e. The van der Waals surface area contributed by atoms with Crippen molar-refractivity contribution in [1.82, 2.24) is 5.32 Å². The van der Waals surface area contributed by atoms with Crippen molar-refractivity contribution in [3.05, 3.63) is 29.3 Å². The zero-order chi connectivity index (χ0) is 14.9. The summed E-state index contributed by atoms with van der Waals surface area (Å²) in [6.07, 6.45) is 0.965. The molecule has 1 aliphatic heterocycles. The van der Waals surface area contributed by atoms with E-state index in [1.54, 1.807) is 17.0 Å². The Morgan fingerprint density at radius 3 is 2.86 bits per heavy atom. The van der Waals surface area contributed by atoms with Gasteiger partial charge in [-0.2, -0.15) is 0 Å². The molecule has 0 aromatic heterocycles. The minimum absolute atomic E-state index is 0.00581. The average Bonchev–Trinajstić information content (AvgIpc) is 2.52. The van der Waals surface area contributed by atoms with Crippen molar-refractivity contribution in [2.75, 3.05) is 46.0 Å². The third-order valence-corrected chi connectivity index (χ3v) is 3.74. The van der Waals surface area contributed by atoms with Crippen molar-refractivity contribution in [2.24, 2.45) is 0 Å². The summed E-state index contributed by atoms with van der Waals surface area (Å²) in [5, 5.41) is 3.38. The molecule has 0 bridgehead atoms. The van der Waals surface area contributed by atoms with Gasteiger partial charge >= 0.3 is 0 Å². The SMILES string of the molecule is O=C(COc1ccccc1Cl)NCCC[NH+]1CCOCC1. The Kier molecular flexibility index (Phi) is 6.79. The van der Waals surface area contributed by atoms with E-state index in [2.05, 4.69) is 5.32 Å². The Morgan fingerprint density at radius 2 is 2.10 bits per heavy atom. The number of amides is 1. The minimum atomic E-state index is -0.119. The summed E-state index contributed by atoms with van der Waals surface area (Å²) in [4.78, 5) is 13.2. The molecule has 0 atom stereocenters. The van der Waals surface area contributed by atoms with E-state index >= 15 is 0 Å². The van der Waals surface area contributed by atoms with Gasteiger partial charge in [0.25, 0.3) is 5.91 Å². The second-order valence-corrected chi connectivity index (χ2v) is 5.44. The Bertz CT molecular complexity index is 450. The van der Waals surface area contributed by atoms with E-state index in [9.17, 15) is 4.79 Å². The summed E-state index contributed by atoms with van der Waals surface area (Å²) in [5.41, 5.74) is 0. The molecule has 116 valence electrons. The molecule has 1 saturated heterocycles. The predicted molar refractivity (Wildman–Crippen MR) is 81.0 cm³/mol. The molecule has 1 heterocycles. The highest BCUT2D eigenvalue weighted by Crippen LogP contribution is 2.22. The van der Waals surface area contributed by atoms with Crippen LogP contribution in [0.2, 0.25) is 5.02 Å². The maximum absolute atomic E-state index is 11.7. The first kappa shape index (κ1) is 16.1. The zero-order valence-corrected chi connectivity index (χ0v) is 12.8. The highest BCUT2D eigenvalue weighted by molar-refractivity contribution is 6.32. The van der Waals surface area contributed by atoms with Crippen LogP contribution in [-0.4, -0.2) is 51.9 Å². The highest BCUT2D eigenvalue weighted by Gasteiger charge is 2.13. The number of halogens is 1. The summed E-state index contributed by atoms with van der Waals surface area (Å²) < 4.78 is 10.7. The van der Waals surface area contributed by atoms with Gasteiger partial charge in [-0.15, -0.1) is 0 Å². The molecule has 1 aliphatic rings. The van der Waals surface area contributed by atoms with Crippen molar-refractivity contribution in [1.29, 1.82) is 0 Å². The van der Waals surface area contributed by atoms with E-state index in [0.717, 1.165) is 39.3 Å². The monoisotopic (exact) mass is 313 g/mol. The number of rotatable bonds is 7. The van der Waals surface area contributed by atoms with E-state index in [4.69, 9.17) is 21.1 Å². The Labute approximate surface area is 130 Å². The van der Waals surface area contributed by atoms with E-state index in [-0.39, 0.29) is 12.5 Å². The molecule has 0 spiro atoms. The van der Waals surface area contributed by atoms with Gasteiger partial charge in [0.15, 0.2) is 6.61 Å². The molecule has 2 N–H and O–H groups in total. The zero-order valence-electron chi connectivity index (χ0n) is 12.1. The Balaban J connectivity index is 1.56. The molecular weight excluding hydrogens is 292 g/mol. The van der Waals surface area contributed by atoms with Crippen LogP contribution in [0.1, 0.15) is 6.42 Å². The van der Waals surface area contributed by atoms with Gasteiger partial charge in [-0.3, -0.25) is 4.79 Å². The van der Waals surface area contributed by atoms with Crippen LogP contribution in [0, 0.1) is 0 Å². The number of benzene rings is 1. The quantitative estimate of drug-likeness (QED) is 0.704. The maximum Gasteiger partial charge on any atom is 0.257 e. The Hall–Kier alpha value is -1.30. The van der Waals surface area contributed by atoms with Gasteiger partial charge in [0.05, 0.1) is 24.8 Å². The number of hydrogen-bond acceptors (Lipinski definition) is 3. The standard InChI is InChI=1S/C15H21ClN2O3/c16-13-4-1-2-5-14(13)21-12-15(19)17-6-3-7-18-8-10-20-11-9-18/h1-2,4-5H,3,6-12H2,(H,17,19)/p+1. The first-order chi connectivity index (χ1) is 10.3. The molecule has 1 amide bonds. The molecule has 1 aromatic carbocycles. The number of para-hydroxylation sites is 1. The van der Waals surface area contributed by atoms with Crippen LogP contribution in [0.5, 0.6) is 5.75 Å². The van der Waals surface area contributed by atoms with Gasteiger partial charge in [-0.1, -0.05) is 23.7 Å². The molecule has 21 heavy (non-hydrogen) atoms. The fourth-order valence-corrected chi connectivity index (χ4v) is 2.42. The first-order valence-electron chi connectivity index (χ1n) is 7.31. The summed E-state index contributed by atoms with van der Waals surface area (Å²) in [5.74, 6) is 0.416. The lowest BCUT2D eigenvalue weighted by Crippen LogP contribution is -3.14. The normalized spacial score (nSPS) is 15.7. The Morgan fingerprint density at radius 1 is 1.33 bits per heavy atom. The molecule has 1 fully saturated rings. The summed E-state index contributed by atoms with van der Waals surface area (Å²) in [6.45, 7) is 5.53. The fraction of sp³-hybridized carbons (Fsp3) is 0.533. The van der Waals surface area contributed by atoms with Crippen molar-refractivity contribution >= 4 is 17.5 Å². The third kappa shape index (κ3) is 5.91. The van der Waals surface area contributed by atoms with Gasteiger partial charge in [-0.25, -0.2) is 0 Å². The van der Waals surface area contributed by atoms with Crippen LogP contribution in [0.25, 0.3) is 0 Å². The van der Waals surface area contributed by atoms with Crippen LogP contribution in [0.4, 0.5) is 0 Å². The minimum Gasteiger partial charge on any atom is -0.482 e. The summed E-state index contributed by atoms with van der Waals surface area (Å²) in [6, 6.07) is 7.13. The molecule has 6 heteroatoms. The number of nitrogens with one attached hydrogen (secondary N) is 2. The van der Waals surface area contributed by atoms with Crippen molar-refractivity contribution in [3.8, 4) is 5.75 Å². The number of morpholine rings is 1. The lowest BCUT2D eigenvalue weighted by atomic mass is 10.3. The molecule has 2 rings (SSSR count). The van der Waals surface area contributed by atoms with Gasteiger partial charge in [0.1, 0.15) is 18.8 Å². The average molecular weight is 314 g/mol. The molecule has 1 aromatic rings. The third-order valence-electron chi connectivity index (χ3n) is 3.42. The number of carbonyl (C=O) groups is 1. The highest BCUT2D eigenvalue weighted by atomic mass is 35.5. The van der Waals surface area contributed by atoms with E-state index in [1.165, 1.54) is 0 Å². The summed E-state index contributed by atoms with van der Waals surface area (Å²) >= 11 is 5.95. The van der Waals surface area contributed by atoms with Crippen LogP contribution in [-0.2, 0) is 9.53 Å². The van der Waals surface area contributed by atoms with Gasteiger partial charge in [0.2, 0.25) is 0 Å². The molecule has 0 radical (unpaired) electrons. The van der Waals surface area contributed by atoms with Crippen LogP contribution in [0.15, 0.2) is 24.3 Å². The number of ether oxygens (including phenoxy) is 2. The summed E-state index contributed by atoms with van der Waals surface area (Å²) in [7, 11) is 0. The van der Waals surface area contributed by atoms with Crippen molar-refractivity contribution in [3.63, 3.8) is 0 Å². The van der Waals surface area contributed by atoms with Gasteiger partial charge < -0.3 is 19.7 Å². The lowest BCUT2D eigenvalue weighted by molar-refractivity contribution is -0.908. The van der Waals surface area contributed by atoms with E-state index in [0.29, 0.717) is 17.3 Å². The lowest BCUT2D eigenvalue weighted by Gasteiger charge is -2.23. The van der Waals surface area contributed by atoms with Crippen LogP contribution < -0.4 is 15.0 Å². The molecular formula is C15H22ClN2O3+. The molecule has 0 unspecified atom stereocenters. The second-order valence-electron chi connectivity index (χ2n) is 5.03. The number of hydrogen-bond donors (Lipinski definition) is 2. The molecule has 0 aliphatic carbocycles. The number of carbonyl (C=O) groups excluding carboxylic acids is 1. The van der Waals surface area contributed by atoms with Crippen molar-refractivity contribution in [2.45, 2.75) is 6.42 Å². The number of quaternary nitrogens is 1. The first-order valence-corrected chi connectivity index (χ1v) is 7.69. The van der Waals surface area contributed by atoms with Gasteiger partial charge in [0, 0.05) is 13.0 Å². The van der Waals surface area contributed by atoms with E-state index < -0.39 is 0 Å². The topological polar surface area (TPSA) is 52.0 Å². The second kappa shape index (κ2) is 8.87.